The molecule has 0 aliphatic carbocycles. The Labute approximate surface area is 121 Å². The largest absolute Gasteiger partial charge is 0.471 e. The average Bonchev–Trinajstić information content (AvgIpc) is 2.56. The van der Waals surface area contributed by atoms with Crippen molar-refractivity contribution in [2.45, 2.75) is 57.5 Å². The highest BCUT2D eigenvalue weighted by Crippen LogP contribution is 2.33. The number of hydrogen-bond donors (Lipinski definition) is 0. The molecule has 0 aromatic carbocycles. The summed E-state index contributed by atoms with van der Waals surface area (Å²) in [6.45, 7) is 5.02. The Morgan fingerprint density at radius 2 is 1.52 bits per heavy atom. The number of hydrogen-bond acceptors (Lipinski definition) is 3. The number of fused-ring (bicyclic) bond motifs is 2. The van der Waals surface area contributed by atoms with Gasteiger partial charge in [-0.15, -0.1) is 0 Å². The van der Waals surface area contributed by atoms with Crippen molar-refractivity contribution in [1.29, 1.82) is 0 Å². The third-order valence-corrected chi connectivity index (χ3v) is 3.62. The fourth-order valence-electron chi connectivity index (χ4n) is 2.86. The Morgan fingerprint density at radius 1 is 1.05 bits per heavy atom. The summed E-state index contributed by atoms with van der Waals surface area (Å²) in [5, 5.41) is 0. The molecule has 120 valence electrons. The van der Waals surface area contributed by atoms with Crippen molar-refractivity contribution in [2.75, 3.05) is 13.1 Å². The quantitative estimate of drug-likeness (QED) is 0.689. The fourth-order valence-corrected chi connectivity index (χ4v) is 2.86. The van der Waals surface area contributed by atoms with E-state index in [1.165, 1.54) is 4.90 Å². The number of nitrogens with zero attached hydrogens (tertiary/aromatic N) is 2. The third-order valence-electron chi connectivity index (χ3n) is 3.62. The Hall–Kier alpha value is -1.47. The predicted molar refractivity (Wildman–Crippen MR) is 67.5 cm³/mol. The SMILES string of the molecule is CC(C)(C)OC(=O)N1[C@H]2CC[C@H]1CN(C(=O)C(F)(F)F)C2. The number of alkyl halides is 3. The first kappa shape index (κ1) is 15.9. The second kappa shape index (κ2) is 5.06. The molecule has 0 N–H and O–H groups in total. The molecule has 2 bridgehead atoms. The maximum atomic E-state index is 12.5. The predicted octanol–water partition coefficient (Wildman–Crippen LogP) is 2.16. The zero-order valence-corrected chi connectivity index (χ0v) is 12.2. The van der Waals surface area contributed by atoms with Crippen LogP contribution < -0.4 is 0 Å². The van der Waals surface area contributed by atoms with E-state index in [-0.39, 0.29) is 13.1 Å². The van der Waals surface area contributed by atoms with Gasteiger partial charge in [0.05, 0.1) is 12.1 Å². The van der Waals surface area contributed by atoms with Gasteiger partial charge in [-0.2, -0.15) is 13.2 Å². The number of carbonyl (C=O) groups excluding carboxylic acids is 2. The second-order valence-electron chi connectivity index (χ2n) is 6.48. The van der Waals surface area contributed by atoms with Gasteiger partial charge in [0.15, 0.2) is 0 Å². The van der Waals surface area contributed by atoms with Crippen LogP contribution in [0.3, 0.4) is 0 Å². The summed E-state index contributed by atoms with van der Waals surface area (Å²) in [6.07, 6.45) is -4.21. The summed E-state index contributed by atoms with van der Waals surface area (Å²) in [5.74, 6) is -1.83. The highest BCUT2D eigenvalue weighted by Gasteiger charge is 2.50. The molecule has 0 radical (unpaired) electrons. The van der Waals surface area contributed by atoms with Gasteiger partial charge in [-0.1, -0.05) is 0 Å². The van der Waals surface area contributed by atoms with Gasteiger partial charge in [-0.3, -0.25) is 9.69 Å². The van der Waals surface area contributed by atoms with Gasteiger partial charge >= 0.3 is 18.2 Å². The zero-order valence-electron chi connectivity index (χ0n) is 12.2. The van der Waals surface area contributed by atoms with E-state index in [1.54, 1.807) is 20.8 Å². The average molecular weight is 308 g/mol. The molecule has 2 aliphatic rings. The van der Waals surface area contributed by atoms with Gasteiger partial charge in [0.2, 0.25) is 0 Å². The van der Waals surface area contributed by atoms with Crippen molar-refractivity contribution in [1.82, 2.24) is 9.80 Å². The molecule has 0 saturated carbocycles. The Bertz CT molecular complexity index is 431. The number of halogens is 3. The van der Waals surface area contributed by atoms with Crippen LogP contribution in [0.25, 0.3) is 0 Å². The standard InChI is InChI=1S/C13H19F3N2O3/c1-12(2,3)21-11(20)18-8-4-5-9(18)7-17(6-8)10(19)13(14,15)16/h8-9H,4-7H2,1-3H3/t8-,9-/m0/s1. The van der Waals surface area contributed by atoms with Crippen molar-refractivity contribution in [3.8, 4) is 0 Å². The minimum absolute atomic E-state index is 0.0892. The van der Waals surface area contributed by atoms with Crippen LogP contribution in [0.4, 0.5) is 18.0 Å². The van der Waals surface area contributed by atoms with E-state index in [2.05, 4.69) is 0 Å². The molecular formula is C13H19F3N2O3. The molecule has 2 aliphatic heterocycles. The maximum absolute atomic E-state index is 12.5. The topological polar surface area (TPSA) is 49.9 Å². The van der Waals surface area contributed by atoms with Gasteiger partial charge in [0, 0.05) is 13.1 Å². The normalized spacial score (nSPS) is 26.0. The van der Waals surface area contributed by atoms with Crippen molar-refractivity contribution in [3.05, 3.63) is 0 Å². The lowest BCUT2D eigenvalue weighted by atomic mass is 10.2. The number of likely N-dealkylation sites (tertiary alicyclic amines) is 1. The lowest BCUT2D eigenvalue weighted by Crippen LogP contribution is -2.59. The molecule has 2 heterocycles. The molecule has 0 spiro atoms. The molecule has 8 heteroatoms. The molecule has 0 unspecified atom stereocenters. The van der Waals surface area contributed by atoms with Gasteiger partial charge < -0.3 is 9.64 Å². The minimum Gasteiger partial charge on any atom is -0.444 e. The van der Waals surface area contributed by atoms with Crippen molar-refractivity contribution in [2.24, 2.45) is 0 Å². The maximum Gasteiger partial charge on any atom is 0.471 e. The van der Waals surface area contributed by atoms with Crippen LogP contribution in [-0.4, -0.2) is 58.8 Å². The molecule has 0 aromatic heterocycles. The molecule has 2 fully saturated rings. The van der Waals surface area contributed by atoms with Crippen LogP contribution in [-0.2, 0) is 9.53 Å². The van der Waals surface area contributed by atoms with E-state index in [0.29, 0.717) is 12.8 Å². The molecule has 2 amide bonds. The smallest absolute Gasteiger partial charge is 0.444 e. The highest BCUT2D eigenvalue weighted by atomic mass is 19.4. The van der Waals surface area contributed by atoms with E-state index in [1.807, 2.05) is 0 Å². The molecule has 2 saturated heterocycles. The zero-order chi connectivity index (χ0) is 16.0. The van der Waals surface area contributed by atoms with Crippen LogP contribution in [0, 0.1) is 0 Å². The van der Waals surface area contributed by atoms with Gasteiger partial charge in [0.1, 0.15) is 5.60 Å². The lowest BCUT2D eigenvalue weighted by Gasteiger charge is -2.41. The third kappa shape index (κ3) is 3.41. The Kier molecular flexibility index (Phi) is 3.84. The summed E-state index contributed by atoms with van der Waals surface area (Å²) < 4.78 is 42.8. The van der Waals surface area contributed by atoms with Crippen LogP contribution in [0.1, 0.15) is 33.6 Å². The Balaban J connectivity index is 2.06. The summed E-state index contributed by atoms with van der Waals surface area (Å²) in [4.78, 5) is 25.7. The molecule has 21 heavy (non-hydrogen) atoms. The fraction of sp³-hybridized carbons (Fsp3) is 0.846. The summed E-state index contributed by atoms with van der Waals surface area (Å²) in [7, 11) is 0. The molecule has 2 rings (SSSR count). The van der Waals surface area contributed by atoms with Crippen LogP contribution in [0.2, 0.25) is 0 Å². The summed E-state index contributed by atoms with van der Waals surface area (Å²) >= 11 is 0. The lowest BCUT2D eigenvalue weighted by molar-refractivity contribution is -0.188. The monoisotopic (exact) mass is 308 g/mol. The summed E-state index contributed by atoms with van der Waals surface area (Å²) in [6, 6.07) is -0.796. The first-order valence-electron chi connectivity index (χ1n) is 6.86. The number of rotatable bonds is 0. The number of ether oxygens (including phenoxy) is 1. The van der Waals surface area contributed by atoms with Crippen molar-refractivity contribution in [3.63, 3.8) is 0 Å². The van der Waals surface area contributed by atoms with E-state index in [0.717, 1.165) is 4.90 Å². The molecule has 0 aromatic rings. The number of carbonyl (C=O) groups is 2. The highest BCUT2D eigenvalue weighted by molar-refractivity contribution is 5.82. The summed E-state index contributed by atoms with van der Waals surface area (Å²) in [5.41, 5.74) is -0.657. The second-order valence-corrected chi connectivity index (χ2v) is 6.48. The van der Waals surface area contributed by atoms with E-state index < -0.39 is 35.9 Å². The number of piperazine rings is 1. The first-order valence-corrected chi connectivity index (χ1v) is 6.86. The van der Waals surface area contributed by atoms with Gasteiger partial charge in [-0.25, -0.2) is 4.79 Å². The van der Waals surface area contributed by atoms with Crippen molar-refractivity contribution < 1.29 is 27.5 Å². The first-order chi connectivity index (χ1) is 9.49. The molecule has 5 nitrogen and oxygen atoms in total. The van der Waals surface area contributed by atoms with Crippen molar-refractivity contribution >= 4 is 12.0 Å². The van der Waals surface area contributed by atoms with Crippen LogP contribution in [0.15, 0.2) is 0 Å². The minimum atomic E-state index is -4.87. The van der Waals surface area contributed by atoms with Crippen LogP contribution in [0.5, 0.6) is 0 Å². The van der Waals surface area contributed by atoms with E-state index in [4.69, 9.17) is 4.74 Å². The van der Waals surface area contributed by atoms with Gasteiger partial charge in [0.25, 0.3) is 0 Å². The van der Waals surface area contributed by atoms with Crippen LogP contribution >= 0.6 is 0 Å². The molecular weight excluding hydrogens is 289 g/mol. The molecule has 2 atom stereocenters. The van der Waals surface area contributed by atoms with Gasteiger partial charge in [-0.05, 0) is 33.6 Å². The van der Waals surface area contributed by atoms with E-state index >= 15 is 0 Å². The Morgan fingerprint density at radius 3 is 1.90 bits per heavy atom. The number of amides is 2. The van der Waals surface area contributed by atoms with E-state index in [9.17, 15) is 22.8 Å².